The number of ether oxygens (including phenoxy) is 2. The van der Waals surface area contributed by atoms with Gasteiger partial charge in [0, 0.05) is 6.07 Å². The number of ketones is 1. The molecule has 0 atom stereocenters. The molecule has 0 amide bonds. The van der Waals surface area contributed by atoms with Gasteiger partial charge in [0.1, 0.15) is 11.5 Å². The average Bonchev–Trinajstić information content (AvgIpc) is 2.78. The summed E-state index contributed by atoms with van der Waals surface area (Å²) in [5, 5.41) is 0. The third-order valence-electron chi connectivity index (χ3n) is 3.43. The Morgan fingerprint density at radius 1 is 1.19 bits per heavy atom. The molecule has 0 fully saturated rings. The van der Waals surface area contributed by atoms with E-state index in [1.807, 2.05) is 38.1 Å². The third-order valence-corrected chi connectivity index (χ3v) is 3.43. The minimum absolute atomic E-state index is 0.0868. The molecule has 1 heterocycles. The number of benzene rings is 2. The lowest BCUT2D eigenvalue weighted by atomic mass is 10.1. The van der Waals surface area contributed by atoms with Gasteiger partial charge in [0.05, 0.1) is 12.2 Å². The van der Waals surface area contributed by atoms with Crippen LogP contribution in [0.2, 0.25) is 0 Å². The first-order valence-corrected chi connectivity index (χ1v) is 6.96. The van der Waals surface area contributed by atoms with E-state index in [9.17, 15) is 4.79 Å². The van der Waals surface area contributed by atoms with Gasteiger partial charge in [-0.15, -0.1) is 0 Å². The van der Waals surface area contributed by atoms with Crippen molar-refractivity contribution in [3.63, 3.8) is 0 Å². The van der Waals surface area contributed by atoms with Crippen molar-refractivity contribution in [3.8, 4) is 11.5 Å². The van der Waals surface area contributed by atoms with E-state index in [1.165, 1.54) is 0 Å². The minimum atomic E-state index is -0.0868. The monoisotopic (exact) mass is 280 g/mol. The summed E-state index contributed by atoms with van der Waals surface area (Å²) in [7, 11) is 0. The fourth-order valence-corrected chi connectivity index (χ4v) is 2.31. The molecule has 2 aromatic rings. The maximum absolute atomic E-state index is 12.3. The van der Waals surface area contributed by atoms with E-state index in [0.29, 0.717) is 29.4 Å². The summed E-state index contributed by atoms with van der Waals surface area (Å²) in [6.45, 7) is 4.51. The summed E-state index contributed by atoms with van der Waals surface area (Å²) < 4.78 is 11.1. The Morgan fingerprint density at radius 2 is 2.00 bits per heavy atom. The highest BCUT2D eigenvalue weighted by Gasteiger charge is 2.27. The second-order valence-corrected chi connectivity index (χ2v) is 4.89. The zero-order valence-electron chi connectivity index (χ0n) is 12.1. The largest absolute Gasteiger partial charge is 0.494 e. The summed E-state index contributed by atoms with van der Waals surface area (Å²) in [4.78, 5) is 12.3. The second kappa shape index (κ2) is 5.44. The molecule has 0 aromatic heterocycles. The highest BCUT2D eigenvalue weighted by Crippen LogP contribution is 2.35. The maximum atomic E-state index is 12.3. The molecule has 0 N–H and O–H groups in total. The van der Waals surface area contributed by atoms with Crippen molar-refractivity contribution < 1.29 is 14.3 Å². The van der Waals surface area contributed by atoms with Crippen LogP contribution in [0.1, 0.15) is 28.4 Å². The number of carbonyl (C=O) groups is 1. The molecular formula is C18H16O3. The molecule has 0 unspecified atom stereocenters. The molecule has 1 aliphatic rings. The van der Waals surface area contributed by atoms with Gasteiger partial charge in [0.25, 0.3) is 0 Å². The van der Waals surface area contributed by atoms with Gasteiger partial charge in [-0.2, -0.15) is 0 Å². The maximum Gasteiger partial charge on any atom is 0.231 e. The molecule has 3 rings (SSSR count). The Kier molecular flexibility index (Phi) is 3.48. The van der Waals surface area contributed by atoms with Crippen LogP contribution in [0.3, 0.4) is 0 Å². The van der Waals surface area contributed by atoms with Crippen LogP contribution in [0, 0.1) is 6.92 Å². The van der Waals surface area contributed by atoms with Crippen molar-refractivity contribution >= 4 is 11.9 Å². The SMILES string of the molecule is CCOc1ccc2c(c1)O/C(=C\c1ccccc1C)C2=O. The molecule has 0 aliphatic carbocycles. The van der Waals surface area contributed by atoms with E-state index in [4.69, 9.17) is 9.47 Å². The number of allylic oxidation sites excluding steroid dienone is 1. The van der Waals surface area contributed by atoms with E-state index >= 15 is 0 Å². The topological polar surface area (TPSA) is 35.5 Å². The van der Waals surface area contributed by atoms with Gasteiger partial charge in [0.15, 0.2) is 5.76 Å². The smallest absolute Gasteiger partial charge is 0.231 e. The number of carbonyl (C=O) groups excluding carboxylic acids is 1. The van der Waals surface area contributed by atoms with Gasteiger partial charge in [-0.3, -0.25) is 4.79 Å². The normalized spacial score (nSPS) is 15.0. The highest BCUT2D eigenvalue weighted by molar-refractivity contribution is 6.14. The van der Waals surface area contributed by atoms with Gasteiger partial charge in [-0.25, -0.2) is 0 Å². The Hall–Kier alpha value is -2.55. The molecule has 106 valence electrons. The van der Waals surface area contributed by atoms with Gasteiger partial charge in [0.2, 0.25) is 5.78 Å². The van der Waals surface area contributed by atoms with Crippen LogP contribution in [-0.2, 0) is 0 Å². The van der Waals surface area contributed by atoms with Crippen LogP contribution in [0.5, 0.6) is 11.5 Å². The summed E-state index contributed by atoms with van der Waals surface area (Å²) in [6, 6.07) is 13.2. The minimum Gasteiger partial charge on any atom is -0.494 e. The van der Waals surface area contributed by atoms with E-state index < -0.39 is 0 Å². The van der Waals surface area contributed by atoms with Crippen molar-refractivity contribution in [2.45, 2.75) is 13.8 Å². The van der Waals surface area contributed by atoms with E-state index in [2.05, 4.69) is 0 Å². The zero-order valence-corrected chi connectivity index (χ0v) is 12.1. The standard InChI is InChI=1S/C18H16O3/c1-3-20-14-8-9-15-16(11-14)21-17(18(15)19)10-13-7-5-4-6-12(13)2/h4-11H,3H2,1-2H3/b17-10-. The van der Waals surface area contributed by atoms with E-state index in [-0.39, 0.29) is 5.78 Å². The van der Waals surface area contributed by atoms with Crippen LogP contribution in [0.25, 0.3) is 6.08 Å². The fraction of sp³-hybridized carbons (Fsp3) is 0.167. The van der Waals surface area contributed by atoms with Crippen LogP contribution < -0.4 is 9.47 Å². The first-order valence-electron chi connectivity index (χ1n) is 6.96. The summed E-state index contributed by atoms with van der Waals surface area (Å²) in [6.07, 6.45) is 1.79. The van der Waals surface area contributed by atoms with Crippen molar-refractivity contribution in [1.82, 2.24) is 0 Å². The highest BCUT2D eigenvalue weighted by atomic mass is 16.5. The van der Waals surface area contributed by atoms with Crippen LogP contribution in [0.15, 0.2) is 48.2 Å². The van der Waals surface area contributed by atoms with E-state index in [1.54, 1.807) is 24.3 Å². The van der Waals surface area contributed by atoms with Crippen molar-refractivity contribution in [3.05, 3.63) is 64.9 Å². The Balaban J connectivity index is 1.95. The number of hydrogen-bond acceptors (Lipinski definition) is 3. The molecule has 1 aliphatic heterocycles. The molecule has 0 saturated carbocycles. The predicted molar refractivity (Wildman–Crippen MR) is 81.7 cm³/mol. The predicted octanol–water partition coefficient (Wildman–Crippen LogP) is 4.01. The fourth-order valence-electron chi connectivity index (χ4n) is 2.31. The molecule has 0 bridgehead atoms. The molecule has 2 aromatic carbocycles. The molecule has 21 heavy (non-hydrogen) atoms. The lowest BCUT2D eigenvalue weighted by molar-refractivity contribution is 0.101. The number of fused-ring (bicyclic) bond motifs is 1. The van der Waals surface area contributed by atoms with E-state index in [0.717, 1.165) is 11.1 Å². The molecular weight excluding hydrogens is 264 g/mol. The number of rotatable bonds is 3. The van der Waals surface area contributed by atoms with Gasteiger partial charge in [-0.1, -0.05) is 24.3 Å². The van der Waals surface area contributed by atoms with Gasteiger partial charge < -0.3 is 9.47 Å². The average molecular weight is 280 g/mol. The molecule has 0 radical (unpaired) electrons. The number of Topliss-reactive ketones (excluding diaryl/α,β-unsaturated/α-hetero) is 1. The third kappa shape index (κ3) is 2.55. The lowest BCUT2D eigenvalue weighted by Crippen LogP contribution is -1.98. The number of hydrogen-bond donors (Lipinski definition) is 0. The first kappa shape index (κ1) is 13.4. The Labute approximate surface area is 123 Å². The van der Waals surface area contributed by atoms with Gasteiger partial charge >= 0.3 is 0 Å². The number of aryl methyl sites for hydroxylation is 1. The molecule has 3 nitrogen and oxygen atoms in total. The van der Waals surface area contributed by atoms with Gasteiger partial charge in [-0.05, 0) is 43.2 Å². The van der Waals surface area contributed by atoms with Crippen molar-refractivity contribution in [2.75, 3.05) is 6.61 Å². The molecule has 0 spiro atoms. The Bertz CT molecular complexity index is 729. The van der Waals surface area contributed by atoms with Crippen molar-refractivity contribution in [2.24, 2.45) is 0 Å². The second-order valence-electron chi connectivity index (χ2n) is 4.89. The molecule has 3 heteroatoms. The van der Waals surface area contributed by atoms with Crippen LogP contribution >= 0.6 is 0 Å². The van der Waals surface area contributed by atoms with Crippen LogP contribution in [0.4, 0.5) is 0 Å². The quantitative estimate of drug-likeness (QED) is 0.797. The first-order chi connectivity index (χ1) is 10.2. The zero-order chi connectivity index (χ0) is 14.8. The summed E-state index contributed by atoms with van der Waals surface area (Å²) in [5.74, 6) is 1.54. The Morgan fingerprint density at radius 3 is 2.76 bits per heavy atom. The molecule has 0 saturated heterocycles. The summed E-state index contributed by atoms with van der Waals surface area (Å²) in [5.41, 5.74) is 2.67. The summed E-state index contributed by atoms with van der Waals surface area (Å²) >= 11 is 0. The van der Waals surface area contributed by atoms with Crippen molar-refractivity contribution in [1.29, 1.82) is 0 Å². The van der Waals surface area contributed by atoms with Crippen LogP contribution in [-0.4, -0.2) is 12.4 Å². The lowest BCUT2D eigenvalue weighted by Gasteiger charge is -2.04.